The number of benzene rings is 3. The zero-order valence-corrected chi connectivity index (χ0v) is 23.0. The van der Waals surface area contributed by atoms with Crippen molar-refractivity contribution in [3.05, 3.63) is 101 Å². The number of nitrogens with zero attached hydrogens (tertiary/aromatic N) is 1. The van der Waals surface area contributed by atoms with Gasteiger partial charge < -0.3 is 10.2 Å². The molecular formula is C30H35ClN2O2S. The van der Waals surface area contributed by atoms with E-state index in [1.807, 2.05) is 100 Å². The van der Waals surface area contributed by atoms with Crippen LogP contribution >= 0.6 is 23.4 Å². The van der Waals surface area contributed by atoms with Crippen molar-refractivity contribution in [1.82, 2.24) is 10.2 Å². The van der Waals surface area contributed by atoms with Gasteiger partial charge in [0.15, 0.2) is 0 Å². The molecule has 0 saturated carbocycles. The van der Waals surface area contributed by atoms with E-state index in [4.69, 9.17) is 11.6 Å². The Labute approximate surface area is 224 Å². The molecule has 190 valence electrons. The minimum absolute atomic E-state index is 0.0389. The Hall–Kier alpha value is -2.76. The van der Waals surface area contributed by atoms with Crippen LogP contribution in [0.15, 0.2) is 83.8 Å². The van der Waals surface area contributed by atoms with E-state index >= 15 is 0 Å². The summed E-state index contributed by atoms with van der Waals surface area (Å²) in [7, 11) is 0. The van der Waals surface area contributed by atoms with Crippen LogP contribution < -0.4 is 5.32 Å². The Bertz CT molecular complexity index is 1140. The highest BCUT2D eigenvalue weighted by Crippen LogP contribution is 2.23. The third-order valence-corrected chi connectivity index (χ3v) is 6.87. The van der Waals surface area contributed by atoms with E-state index in [2.05, 4.69) is 11.4 Å². The van der Waals surface area contributed by atoms with E-state index in [-0.39, 0.29) is 11.8 Å². The third kappa shape index (κ3) is 9.03. The summed E-state index contributed by atoms with van der Waals surface area (Å²) in [6.07, 6.45) is 0.776. The lowest BCUT2D eigenvalue weighted by Gasteiger charge is -2.34. The molecular weight excluding hydrogens is 488 g/mol. The number of hydrogen-bond acceptors (Lipinski definition) is 3. The van der Waals surface area contributed by atoms with Gasteiger partial charge in [0, 0.05) is 40.6 Å². The molecule has 0 heterocycles. The maximum absolute atomic E-state index is 13.7. The molecule has 0 aliphatic carbocycles. The molecule has 0 fully saturated rings. The molecule has 6 heteroatoms. The molecule has 0 aliphatic rings. The normalized spacial score (nSPS) is 12.1. The number of aryl methyl sites for hydroxylation is 1. The summed E-state index contributed by atoms with van der Waals surface area (Å²) in [6, 6.07) is 25.0. The van der Waals surface area contributed by atoms with Crippen molar-refractivity contribution in [2.24, 2.45) is 0 Å². The van der Waals surface area contributed by atoms with Crippen molar-refractivity contribution in [3.8, 4) is 0 Å². The first-order valence-corrected chi connectivity index (χ1v) is 13.6. The number of rotatable bonds is 10. The molecule has 1 N–H and O–H groups in total. The maximum atomic E-state index is 13.7. The molecule has 0 bridgehead atoms. The van der Waals surface area contributed by atoms with Crippen molar-refractivity contribution in [3.63, 3.8) is 0 Å². The Balaban J connectivity index is 1.86. The number of carbonyl (C=O) groups is 2. The highest BCUT2D eigenvalue weighted by atomic mass is 35.5. The van der Waals surface area contributed by atoms with Gasteiger partial charge in [0.25, 0.3) is 0 Å². The van der Waals surface area contributed by atoms with Crippen LogP contribution in [0.3, 0.4) is 0 Å². The summed E-state index contributed by atoms with van der Waals surface area (Å²) in [5, 5.41) is 3.80. The molecule has 36 heavy (non-hydrogen) atoms. The van der Waals surface area contributed by atoms with Crippen molar-refractivity contribution < 1.29 is 9.59 Å². The molecule has 4 nitrogen and oxygen atoms in total. The number of carbonyl (C=O) groups excluding carboxylic acids is 2. The summed E-state index contributed by atoms with van der Waals surface area (Å²) in [5.74, 6) is 0.435. The minimum atomic E-state index is -0.625. The van der Waals surface area contributed by atoms with E-state index in [1.54, 1.807) is 16.7 Å². The predicted molar refractivity (Wildman–Crippen MR) is 150 cm³/mol. The van der Waals surface area contributed by atoms with Crippen LogP contribution in [0.5, 0.6) is 0 Å². The lowest BCUT2D eigenvalue weighted by Crippen LogP contribution is -2.54. The summed E-state index contributed by atoms with van der Waals surface area (Å²) < 4.78 is 0. The Kier molecular flexibility index (Phi) is 10.0. The number of nitrogens with one attached hydrogen (secondary N) is 1. The summed E-state index contributed by atoms with van der Waals surface area (Å²) in [5.41, 5.74) is 2.74. The predicted octanol–water partition coefficient (Wildman–Crippen LogP) is 6.69. The van der Waals surface area contributed by atoms with E-state index in [9.17, 15) is 9.59 Å². The summed E-state index contributed by atoms with van der Waals surface area (Å²) >= 11 is 7.61. The van der Waals surface area contributed by atoms with Gasteiger partial charge in [0.05, 0.1) is 0 Å². The smallest absolute Gasteiger partial charge is 0.243 e. The van der Waals surface area contributed by atoms with Crippen molar-refractivity contribution in [2.45, 2.75) is 63.6 Å². The van der Waals surface area contributed by atoms with Crippen molar-refractivity contribution >= 4 is 35.2 Å². The topological polar surface area (TPSA) is 49.4 Å². The number of hydrogen-bond donors (Lipinski definition) is 1. The molecule has 0 unspecified atom stereocenters. The Morgan fingerprint density at radius 2 is 1.61 bits per heavy atom. The van der Waals surface area contributed by atoms with Gasteiger partial charge >= 0.3 is 0 Å². The van der Waals surface area contributed by atoms with Gasteiger partial charge in [-0.2, -0.15) is 0 Å². The minimum Gasteiger partial charge on any atom is -0.350 e. The highest BCUT2D eigenvalue weighted by molar-refractivity contribution is 7.99. The first-order valence-electron chi connectivity index (χ1n) is 12.2. The van der Waals surface area contributed by atoms with Crippen molar-refractivity contribution in [2.75, 3.05) is 5.75 Å². The quantitative estimate of drug-likeness (QED) is 0.302. The van der Waals surface area contributed by atoms with E-state index in [0.717, 1.165) is 21.6 Å². The molecule has 0 radical (unpaired) electrons. The molecule has 3 aromatic rings. The second-order valence-electron chi connectivity index (χ2n) is 10.0. The maximum Gasteiger partial charge on any atom is 0.243 e. The zero-order valence-electron chi connectivity index (χ0n) is 21.5. The average molecular weight is 523 g/mol. The molecule has 0 aromatic heterocycles. The fraction of sp³-hybridized carbons (Fsp3) is 0.333. The van der Waals surface area contributed by atoms with Crippen LogP contribution in [0.25, 0.3) is 0 Å². The van der Waals surface area contributed by atoms with E-state index in [1.165, 1.54) is 0 Å². The molecule has 2 amide bonds. The van der Waals surface area contributed by atoms with Gasteiger partial charge in [-0.15, -0.1) is 11.8 Å². The van der Waals surface area contributed by atoms with Crippen LogP contribution in [0.1, 0.15) is 43.9 Å². The fourth-order valence-electron chi connectivity index (χ4n) is 3.94. The van der Waals surface area contributed by atoms with Gasteiger partial charge in [-0.25, -0.2) is 0 Å². The molecule has 0 spiro atoms. The number of halogens is 1. The van der Waals surface area contributed by atoms with Gasteiger partial charge in [-0.1, -0.05) is 71.8 Å². The van der Waals surface area contributed by atoms with Gasteiger partial charge in [-0.05, 0) is 63.1 Å². The lowest BCUT2D eigenvalue weighted by atomic mass is 10.00. The van der Waals surface area contributed by atoms with E-state index < -0.39 is 11.6 Å². The number of thioether (sulfide) groups is 1. The Morgan fingerprint density at radius 1 is 0.944 bits per heavy atom. The van der Waals surface area contributed by atoms with Crippen LogP contribution in [-0.4, -0.2) is 34.0 Å². The second kappa shape index (κ2) is 13.0. The lowest BCUT2D eigenvalue weighted by molar-refractivity contribution is -0.141. The fourth-order valence-corrected chi connectivity index (χ4v) is 4.91. The average Bonchev–Trinajstić information content (AvgIpc) is 2.82. The second-order valence-corrected chi connectivity index (χ2v) is 11.6. The van der Waals surface area contributed by atoms with Crippen LogP contribution in [-0.2, 0) is 22.6 Å². The first-order chi connectivity index (χ1) is 17.1. The van der Waals surface area contributed by atoms with Crippen molar-refractivity contribution in [1.29, 1.82) is 0 Å². The van der Waals surface area contributed by atoms with Gasteiger partial charge in [0.1, 0.15) is 6.04 Å². The van der Waals surface area contributed by atoms with E-state index in [0.29, 0.717) is 30.2 Å². The molecule has 0 aliphatic heterocycles. The van der Waals surface area contributed by atoms with Crippen LogP contribution in [0.4, 0.5) is 0 Å². The van der Waals surface area contributed by atoms with Crippen LogP contribution in [0, 0.1) is 6.92 Å². The highest BCUT2D eigenvalue weighted by Gasteiger charge is 2.32. The monoisotopic (exact) mass is 522 g/mol. The zero-order chi connectivity index (χ0) is 26.1. The molecule has 0 saturated heterocycles. The molecule has 1 atom stereocenters. The largest absolute Gasteiger partial charge is 0.350 e. The molecule has 3 aromatic carbocycles. The standard InChI is InChI=1S/C30H35ClN2O2S/c1-22-9-8-12-24(19-22)21-33(28(34)17-18-36-26-15-13-25(31)14-16-26)27(29(35)32-30(2,3)4)20-23-10-6-5-7-11-23/h5-16,19,27H,17-18,20-21H2,1-4H3,(H,32,35)/t27-/m0/s1. The third-order valence-electron chi connectivity index (χ3n) is 5.60. The van der Waals surface area contributed by atoms with Gasteiger partial charge in [0.2, 0.25) is 11.8 Å². The number of amides is 2. The summed E-state index contributed by atoms with van der Waals surface area (Å²) in [4.78, 5) is 30.1. The summed E-state index contributed by atoms with van der Waals surface area (Å²) in [6.45, 7) is 8.28. The SMILES string of the molecule is Cc1cccc(CN(C(=O)CCSc2ccc(Cl)cc2)[C@@H](Cc2ccccc2)C(=O)NC(C)(C)C)c1. The van der Waals surface area contributed by atoms with Gasteiger partial charge in [-0.3, -0.25) is 9.59 Å². The first kappa shape index (κ1) is 27.8. The Morgan fingerprint density at radius 3 is 2.25 bits per heavy atom. The van der Waals surface area contributed by atoms with Crippen LogP contribution in [0.2, 0.25) is 5.02 Å². The molecule has 3 rings (SSSR count).